The standard InChI is InChI=1S/C36H51N15O27P4S/c1-48-13-51(29-19(48)31(57)47-36(39)45-29)33-23(55)20(52)14(70-33)7-66-79(58,73-62-3)77-81(60,75-64-5)78-80(59,74-63-4)67-9-16-24(25(61-2)34(71-16)49-11-42-17-26(37)40-10-41-27(17)49)72-82(83,76-65-6)68-8-15-21(53)22(54)32(69-15)50-12-43-18-28(50)44-35(38)46-30(18)56/h10-16,20-25,32-34,52-55H,7-9H2,1-6H3,(H7-,37,38,39,40,41,44,45,46,47,56,57)/p+1. The zero-order valence-corrected chi connectivity index (χ0v) is 47.8. The van der Waals surface area contributed by atoms with E-state index in [0.717, 1.165) is 45.7 Å². The highest BCUT2D eigenvalue weighted by molar-refractivity contribution is 8.07. The number of rotatable bonds is 27. The summed E-state index contributed by atoms with van der Waals surface area (Å²) in [6.45, 7) is -7.18. The number of aryl methyl sites for hydroxylation is 1. The molecule has 0 amide bonds. The minimum Gasteiger partial charge on any atom is -0.387 e. The van der Waals surface area contributed by atoms with Crippen LogP contribution in [0.3, 0.4) is 0 Å². The van der Waals surface area contributed by atoms with Crippen molar-refractivity contribution in [3.63, 3.8) is 0 Å². The summed E-state index contributed by atoms with van der Waals surface area (Å²) in [7, 11) is -11.0. The molecule has 42 nitrogen and oxygen atoms in total. The van der Waals surface area contributed by atoms with Crippen LogP contribution in [0.2, 0.25) is 0 Å². The van der Waals surface area contributed by atoms with Crippen molar-refractivity contribution in [1.82, 2.24) is 53.6 Å². The van der Waals surface area contributed by atoms with Gasteiger partial charge in [0.25, 0.3) is 17.1 Å². The van der Waals surface area contributed by atoms with Crippen molar-refractivity contribution >= 4 is 93.2 Å². The van der Waals surface area contributed by atoms with Gasteiger partial charge in [0.05, 0.1) is 68.0 Å². The van der Waals surface area contributed by atoms with Crippen LogP contribution in [0.1, 0.15) is 18.7 Å². The van der Waals surface area contributed by atoms with E-state index < -0.39 is 135 Å². The normalized spacial score (nSPS) is 28.7. The first-order valence-electron chi connectivity index (χ1n) is 23.4. The Morgan fingerprint density at radius 1 is 0.651 bits per heavy atom. The molecule has 6 aromatic rings. The summed E-state index contributed by atoms with van der Waals surface area (Å²) >= 11 is 5.73. The lowest BCUT2D eigenvalue weighted by atomic mass is 10.1. The maximum Gasteiger partial charge on any atom is 0.520 e. The first kappa shape index (κ1) is 62.6. The molecule has 0 saturated carbocycles. The highest BCUT2D eigenvalue weighted by Gasteiger charge is 2.56. The molecular formula is C36H52N15O27P4S+. The third-order valence-electron chi connectivity index (χ3n) is 12.2. The monoisotopic (exact) mass is 1280 g/mol. The van der Waals surface area contributed by atoms with Gasteiger partial charge >= 0.3 is 35.8 Å². The fourth-order valence-electron chi connectivity index (χ4n) is 8.76. The van der Waals surface area contributed by atoms with E-state index in [0.29, 0.717) is 0 Å². The van der Waals surface area contributed by atoms with Crippen LogP contribution in [0.4, 0.5) is 17.7 Å². The number of imidazole rings is 3. The van der Waals surface area contributed by atoms with Crippen LogP contribution < -0.4 is 32.9 Å². The summed E-state index contributed by atoms with van der Waals surface area (Å²) in [6.07, 6.45) is -14.2. The van der Waals surface area contributed by atoms with E-state index in [1.807, 2.05) is 0 Å². The minimum absolute atomic E-state index is 0.00125. The molecule has 83 heavy (non-hydrogen) atoms. The van der Waals surface area contributed by atoms with Crippen molar-refractivity contribution in [2.45, 2.75) is 73.6 Å². The van der Waals surface area contributed by atoms with Crippen LogP contribution in [0.5, 0.6) is 0 Å². The highest BCUT2D eigenvalue weighted by atomic mass is 32.5. The summed E-state index contributed by atoms with van der Waals surface area (Å²) in [5.41, 5.74) is 16.1. The minimum atomic E-state index is -5.89. The number of H-pyrrole nitrogens is 2. The number of hydrogen-bond acceptors (Lipinski definition) is 37. The van der Waals surface area contributed by atoms with Crippen LogP contribution in [-0.4, -0.2) is 184 Å². The fourth-order valence-corrected chi connectivity index (χ4v) is 15.1. The third-order valence-corrected chi connectivity index (χ3v) is 19.4. The Morgan fingerprint density at radius 2 is 1.20 bits per heavy atom. The predicted molar refractivity (Wildman–Crippen MR) is 269 cm³/mol. The first-order valence-corrected chi connectivity index (χ1v) is 30.3. The molecule has 16 unspecified atom stereocenters. The van der Waals surface area contributed by atoms with Crippen molar-refractivity contribution in [3.05, 3.63) is 46.0 Å². The van der Waals surface area contributed by atoms with E-state index in [-0.39, 0.29) is 51.2 Å². The van der Waals surface area contributed by atoms with Crippen LogP contribution in [-0.2, 0) is 116 Å². The van der Waals surface area contributed by atoms with Gasteiger partial charge in [-0.1, -0.05) is 4.98 Å². The lowest BCUT2D eigenvalue weighted by Crippen LogP contribution is -2.46. The molecule has 458 valence electrons. The van der Waals surface area contributed by atoms with Gasteiger partial charge < -0.3 is 61.1 Å². The van der Waals surface area contributed by atoms with E-state index in [4.69, 9.17) is 88.9 Å². The number of aliphatic hydroxyl groups is 4. The number of nitrogens with one attached hydrogen (secondary N) is 2. The number of fused-ring (bicyclic) bond motifs is 3. The van der Waals surface area contributed by atoms with Crippen LogP contribution in [0, 0.1) is 0 Å². The maximum atomic E-state index is 14.5. The van der Waals surface area contributed by atoms with Gasteiger partial charge in [-0.3, -0.25) is 46.8 Å². The fraction of sp³-hybridized carbons (Fsp3) is 0.583. The SMILES string of the molecule is COOP(=O)(OCC1OC([n+]2cn(C)c3c(=O)[nH]c(N)nc32)C(O)C1O)OP(=O)(OOC)OP(=O)(OCC1OC(n2cnc3c(N)ncnc32)C(OC)C1OP(=S)(OCC1OC(n2cnc3c(=O)[nH]c(N)nc32)C(O)C1O)OOC)OOC. The number of nitrogen functional groups attached to an aromatic ring is 3. The average Bonchev–Trinajstić information content (AvgIpc) is 4.10. The van der Waals surface area contributed by atoms with Crippen molar-refractivity contribution in [1.29, 1.82) is 0 Å². The first-order chi connectivity index (χ1) is 39.4. The Labute approximate surface area is 467 Å². The van der Waals surface area contributed by atoms with Gasteiger partial charge in [-0.15, -0.1) is 18.7 Å². The predicted octanol–water partition coefficient (Wildman–Crippen LogP) is -2.25. The second-order valence-electron chi connectivity index (χ2n) is 17.3. The second-order valence-corrected chi connectivity index (χ2v) is 25.2. The molecule has 12 N–H and O–H groups in total. The third kappa shape index (κ3) is 12.8. The lowest BCUT2D eigenvalue weighted by Gasteiger charge is -2.29. The Kier molecular flexibility index (Phi) is 19.0. The van der Waals surface area contributed by atoms with E-state index in [9.17, 15) is 43.7 Å². The van der Waals surface area contributed by atoms with E-state index in [1.165, 1.54) is 40.5 Å². The molecule has 0 aromatic carbocycles. The van der Waals surface area contributed by atoms with Crippen molar-refractivity contribution in [3.8, 4) is 0 Å². The zero-order chi connectivity index (χ0) is 59.9. The summed E-state index contributed by atoms with van der Waals surface area (Å²) in [5, 5.41) is 44.3. The Balaban J connectivity index is 0.941. The number of aromatic amines is 2. The number of aliphatic hydroxyl groups excluding tert-OH is 4. The Morgan fingerprint density at radius 3 is 1.86 bits per heavy atom. The molecule has 0 bridgehead atoms. The van der Waals surface area contributed by atoms with Gasteiger partial charge in [0.2, 0.25) is 17.7 Å². The molecule has 47 heteroatoms. The van der Waals surface area contributed by atoms with Gasteiger partial charge in [-0.05, 0) is 11.8 Å². The molecular weight excluding hydrogens is 1230 g/mol. The smallest absolute Gasteiger partial charge is 0.387 e. The molecule has 0 aliphatic carbocycles. The van der Waals surface area contributed by atoms with E-state index in [2.05, 4.69) is 63.9 Å². The van der Waals surface area contributed by atoms with Gasteiger partial charge in [-0.2, -0.15) is 13.6 Å². The number of nitrogens with two attached hydrogens (primary N) is 3. The van der Waals surface area contributed by atoms with Crippen LogP contribution in [0.15, 0.2) is 34.9 Å². The van der Waals surface area contributed by atoms with E-state index in [1.54, 1.807) is 0 Å². The Bertz CT molecular complexity index is 3630. The molecule has 3 aliphatic heterocycles. The maximum absolute atomic E-state index is 14.5. The number of hydrogen-bond donors (Lipinski definition) is 9. The number of nitrogens with zero attached hydrogens (tertiary/aromatic N) is 10. The van der Waals surface area contributed by atoms with Crippen LogP contribution in [0.25, 0.3) is 33.5 Å². The van der Waals surface area contributed by atoms with Crippen LogP contribution >= 0.6 is 30.2 Å². The van der Waals surface area contributed by atoms with E-state index >= 15 is 0 Å². The second kappa shape index (κ2) is 25.2. The largest absolute Gasteiger partial charge is 0.520 e. The molecule has 9 heterocycles. The summed E-state index contributed by atoms with van der Waals surface area (Å²) in [5.74, 6) is -0.602. The number of ether oxygens (including phenoxy) is 4. The summed E-state index contributed by atoms with van der Waals surface area (Å²) < 4.78 is 125. The molecule has 9 rings (SSSR count). The van der Waals surface area contributed by atoms with Crippen molar-refractivity contribution < 1.29 is 123 Å². The molecule has 0 spiro atoms. The molecule has 3 saturated heterocycles. The number of methoxy groups -OCH3 is 1. The summed E-state index contributed by atoms with van der Waals surface area (Å²) in [6, 6.07) is 0. The Hall–Kier alpha value is -4.89. The number of aromatic nitrogens is 12. The van der Waals surface area contributed by atoms with Gasteiger partial charge in [0.1, 0.15) is 66.8 Å². The lowest BCUT2D eigenvalue weighted by molar-refractivity contribution is -0.745. The number of anilines is 3. The number of phosphoric acid groups is 3. The van der Waals surface area contributed by atoms with Gasteiger partial charge in [0.15, 0.2) is 41.4 Å². The topological polar surface area (TPSA) is 538 Å². The molecule has 3 fully saturated rings. The average molecular weight is 1280 g/mol. The van der Waals surface area contributed by atoms with Crippen molar-refractivity contribution in [2.75, 3.05) is 72.6 Å². The molecule has 6 aromatic heterocycles. The van der Waals surface area contributed by atoms with Gasteiger partial charge in [-0.25, -0.2) is 57.7 Å². The van der Waals surface area contributed by atoms with Crippen molar-refractivity contribution in [2.24, 2.45) is 7.05 Å². The quantitative estimate of drug-likeness (QED) is 0.0114. The molecule has 0 radical (unpaired) electrons. The zero-order valence-electron chi connectivity index (χ0n) is 43.4. The summed E-state index contributed by atoms with van der Waals surface area (Å²) in [4.78, 5) is 72.9. The highest BCUT2D eigenvalue weighted by Crippen LogP contribution is 2.73. The molecule has 3 aliphatic rings. The molecule has 16 atom stereocenters. The van der Waals surface area contributed by atoms with Gasteiger partial charge in [0, 0.05) is 7.11 Å².